The molecule has 0 spiro atoms. The maximum Gasteiger partial charge on any atom is 0.253 e. The van der Waals surface area contributed by atoms with E-state index in [-0.39, 0.29) is 84.9 Å². The lowest BCUT2D eigenvalue weighted by Gasteiger charge is -2.31. The quantitative estimate of drug-likeness (QED) is 0.0757. The summed E-state index contributed by atoms with van der Waals surface area (Å²) in [6, 6.07) is 7.81. The molecule has 4 aliphatic rings. The summed E-state index contributed by atoms with van der Waals surface area (Å²) in [5.74, 6) is -0.632. The van der Waals surface area contributed by atoms with Crippen LogP contribution in [-0.4, -0.2) is 128 Å². The van der Waals surface area contributed by atoms with E-state index >= 15 is 0 Å². The van der Waals surface area contributed by atoms with Crippen molar-refractivity contribution in [2.24, 2.45) is 17.8 Å². The Bertz CT molecular complexity index is 1630. The standard InChI is InChI=1S/C44H63N3O11/c1-29(25-44(5)41(58-44)31(3)40(53-6)32(4)48)8-7-9-30(2)43-56-20-17-36(57-43)24-39(51)46-18-16-35(27-46)42(52)45-26-33-10-12-34(13-11-33)28-55-23-22-54-21-19-47-37(49)14-15-38(47)50/h7-15,29,31-32,35-36,40-41,43,48H,16-28H2,1-6H3,(H,45,52)/b8-7+,30-9+/t29-,31-,32-,35?,36-,40-,41-,43-,44-/m1/s1. The van der Waals surface area contributed by atoms with Gasteiger partial charge < -0.3 is 43.7 Å². The predicted octanol–water partition coefficient (Wildman–Crippen LogP) is 3.85. The van der Waals surface area contributed by atoms with E-state index in [0.717, 1.165) is 28.0 Å². The maximum atomic E-state index is 13.3. The number of imide groups is 1. The third-order valence-corrected chi connectivity index (χ3v) is 11.4. The molecule has 2 N–H and O–H groups in total. The summed E-state index contributed by atoms with van der Waals surface area (Å²) >= 11 is 0. The van der Waals surface area contributed by atoms with Gasteiger partial charge in [-0.25, -0.2) is 0 Å². The zero-order valence-electron chi connectivity index (χ0n) is 34.9. The van der Waals surface area contributed by atoms with Gasteiger partial charge in [0.1, 0.15) is 0 Å². The highest BCUT2D eigenvalue weighted by atomic mass is 16.7. The summed E-state index contributed by atoms with van der Waals surface area (Å²) < 4.78 is 34.9. The molecule has 0 aliphatic carbocycles. The second-order valence-corrected chi connectivity index (χ2v) is 16.3. The van der Waals surface area contributed by atoms with Crippen molar-refractivity contribution in [1.82, 2.24) is 15.1 Å². The number of hydrogen-bond donors (Lipinski definition) is 2. The van der Waals surface area contributed by atoms with Crippen molar-refractivity contribution >= 4 is 23.6 Å². The zero-order chi connectivity index (χ0) is 41.8. The average molecular weight is 810 g/mol. The van der Waals surface area contributed by atoms with E-state index in [1.165, 1.54) is 12.2 Å². The van der Waals surface area contributed by atoms with Crippen molar-refractivity contribution in [3.05, 3.63) is 71.3 Å². The number of benzene rings is 1. The minimum absolute atomic E-state index is 0.0121. The third-order valence-electron chi connectivity index (χ3n) is 11.4. The number of ether oxygens (including phenoxy) is 6. The van der Waals surface area contributed by atoms with Crippen molar-refractivity contribution in [1.29, 1.82) is 0 Å². The van der Waals surface area contributed by atoms with Crippen LogP contribution in [0.4, 0.5) is 0 Å². The fourth-order valence-corrected chi connectivity index (χ4v) is 8.10. The molecule has 9 atom stereocenters. The monoisotopic (exact) mass is 809 g/mol. The zero-order valence-corrected chi connectivity index (χ0v) is 34.9. The van der Waals surface area contributed by atoms with Gasteiger partial charge in [0, 0.05) is 44.8 Å². The third kappa shape index (κ3) is 12.9. The van der Waals surface area contributed by atoms with E-state index in [9.17, 15) is 24.3 Å². The minimum atomic E-state index is -0.565. The van der Waals surface area contributed by atoms with Crippen molar-refractivity contribution in [3.63, 3.8) is 0 Å². The van der Waals surface area contributed by atoms with E-state index in [1.54, 1.807) is 18.9 Å². The molecular formula is C44H63N3O11. The molecule has 4 amide bonds. The van der Waals surface area contributed by atoms with Crippen LogP contribution in [-0.2, 0) is 60.8 Å². The molecule has 3 fully saturated rings. The van der Waals surface area contributed by atoms with Gasteiger partial charge in [-0.05, 0) is 62.7 Å². The summed E-state index contributed by atoms with van der Waals surface area (Å²) in [7, 11) is 1.62. The van der Waals surface area contributed by atoms with E-state index in [4.69, 9.17) is 28.4 Å². The Balaban J connectivity index is 0.947. The number of methoxy groups -OCH3 is 1. The lowest BCUT2D eigenvalue weighted by molar-refractivity contribution is -0.195. The summed E-state index contributed by atoms with van der Waals surface area (Å²) in [4.78, 5) is 52.3. The van der Waals surface area contributed by atoms with Crippen LogP contribution in [0.5, 0.6) is 0 Å². The van der Waals surface area contributed by atoms with Crippen LogP contribution in [0.15, 0.2) is 60.2 Å². The SMILES string of the molecule is CO[C@H]([C@@H](C)[C@H]1O[C@]1(C)C[C@H](C)/C=C/C=C(\C)[C@@H]1OCC[C@H](CC(=O)N2CCC(C(=O)NCc3ccc(COCCOCCN4C(=O)C=CC4=O)cc3)C2)O1)[C@@H](C)O. The number of allylic oxidation sites excluding steroid dienone is 3. The van der Waals surface area contributed by atoms with Gasteiger partial charge in [-0.15, -0.1) is 0 Å². The molecule has 1 unspecified atom stereocenters. The molecule has 4 aliphatic heterocycles. The number of carbonyl (C=O) groups is 4. The molecule has 14 nitrogen and oxygen atoms in total. The molecule has 14 heteroatoms. The lowest BCUT2D eigenvalue weighted by atomic mass is 9.86. The molecule has 0 radical (unpaired) electrons. The molecule has 5 rings (SSSR count). The first-order chi connectivity index (χ1) is 27.8. The number of aliphatic hydroxyl groups excluding tert-OH is 1. The highest BCUT2D eigenvalue weighted by Gasteiger charge is 2.56. The fraction of sp³-hybridized carbons (Fsp3) is 0.636. The molecule has 0 bridgehead atoms. The number of nitrogens with one attached hydrogen (secondary N) is 1. The van der Waals surface area contributed by atoms with E-state index in [2.05, 4.69) is 32.2 Å². The van der Waals surface area contributed by atoms with Crippen molar-refractivity contribution < 1.29 is 52.7 Å². The normalized spacial score (nSPS) is 27.0. The van der Waals surface area contributed by atoms with Gasteiger partial charge in [-0.2, -0.15) is 0 Å². The first kappa shape index (κ1) is 45.3. The fourth-order valence-electron chi connectivity index (χ4n) is 8.10. The summed E-state index contributed by atoms with van der Waals surface area (Å²) in [5.41, 5.74) is 2.61. The molecule has 1 aromatic rings. The van der Waals surface area contributed by atoms with Gasteiger partial charge in [0.25, 0.3) is 11.8 Å². The largest absolute Gasteiger partial charge is 0.391 e. The smallest absolute Gasteiger partial charge is 0.253 e. The Morgan fingerprint density at radius 3 is 2.45 bits per heavy atom. The van der Waals surface area contributed by atoms with Gasteiger partial charge in [0.2, 0.25) is 11.8 Å². The highest BCUT2D eigenvalue weighted by Crippen LogP contribution is 2.47. The molecule has 4 heterocycles. The Morgan fingerprint density at radius 1 is 1.03 bits per heavy atom. The van der Waals surface area contributed by atoms with Crippen LogP contribution in [0, 0.1) is 17.8 Å². The van der Waals surface area contributed by atoms with Crippen LogP contribution >= 0.6 is 0 Å². The molecule has 0 saturated carbocycles. The molecular weight excluding hydrogens is 746 g/mol. The van der Waals surface area contributed by atoms with E-state index in [0.29, 0.717) is 58.9 Å². The van der Waals surface area contributed by atoms with Crippen LogP contribution in [0.25, 0.3) is 0 Å². The number of nitrogens with zero attached hydrogens (tertiary/aromatic N) is 2. The molecule has 320 valence electrons. The van der Waals surface area contributed by atoms with Crippen LogP contribution in [0.3, 0.4) is 0 Å². The topological polar surface area (TPSA) is 166 Å². The van der Waals surface area contributed by atoms with E-state index in [1.807, 2.05) is 43.3 Å². The molecule has 3 saturated heterocycles. The number of amides is 4. The summed E-state index contributed by atoms with van der Waals surface area (Å²) in [6.45, 7) is 13.5. The second-order valence-electron chi connectivity index (χ2n) is 16.3. The van der Waals surface area contributed by atoms with Crippen LogP contribution in [0.1, 0.15) is 71.4 Å². The molecule has 58 heavy (non-hydrogen) atoms. The lowest BCUT2D eigenvalue weighted by Crippen LogP contribution is -2.39. The first-order valence-corrected chi connectivity index (χ1v) is 20.6. The van der Waals surface area contributed by atoms with Gasteiger partial charge in [0.05, 0.1) is 81.9 Å². The minimum Gasteiger partial charge on any atom is -0.391 e. The van der Waals surface area contributed by atoms with Crippen molar-refractivity contribution in [2.45, 2.75) is 110 Å². The molecule has 0 aromatic heterocycles. The van der Waals surface area contributed by atoms with Gasteiger partial charge >= 0.3 is 0 Å². The highest BCUT2D eigenvalue weighted by molar-refractivity contribution is 6.12. The predicted molar refractivity (Wildman–Crippen MR) is 215 cm³/mol. The summed E-state index contributed by atoms with van der Waals surface area (Å²) in [6.07, 6.45) is 9.42. The van der Waals surface area contributed by atoms with Crippen LogP contribution in [0.2, 0.25) is 0 Å². The van der Waals surface area contributed by atoms with Crippen LogP contribution < -0.4 is 5.32 Å². The number of hydrogen-bond acceptors (Lipinski definition) is 11. The summed E-state index contributed by atoms with van der Waals surface area (Å²) in [5, 5.41) is 13.1. The van der Waals surface area contributed by atoms with Gasteiger partial charge in [-0.1, -0.05) is 56.3 Å². The second kappa shape index (κ2) is 21.5. The number of aliphatic hydroxyl groups is 1. The van der Waals surface area contributed by atoms with Crippen molar-refractivity contribution in [2.75, 3.05) is 53.2 Å². The number of carbonyl (C=O) groups excluding carboxylic acids is 4. The van der Waals surface area contributed by atoms with Crippen molar-refractivity contribution in [3.8, 4) is 0 Å². The Kier molecular flexibility index (Phi) is 16.8. The number of epoxide rings is 1. The Labute approximate surface area is 342 Å². The van der Waals surface area contributed by atoms with Gasteiger partial charge in [0.15, 0.2) is 6.29 Å². The first-order valence-electron chi connectivity index (χ1n) is 20.6. The Morgan fingerprint density at radius 2 is 1.74 bits per heavy atom. The van der Waals surface area contributed by atoms with Gasteiger partial charge in [-0.3, -0.25) is 24.1 Å². The van der Waals surface area contributed by atoms with E-state index < -0.39 is 12.4 Å². The Hall–Kier alpha value is -3.76. The number of rotatable bonds is 22. The average Bonchev–Trinajstić information content (AvgIpc) is 3.46. The maximum absolute atomic E-state index is 13.3. The molecule has 1 aromatic carbocycles. The number of likely N-dealkylation sites (tertiary alicyclic amines) is 1.